The number of aromatic nitrogens is 1. The van der Waals surface area contributed by atoms with Crippen molar-refractivity contribution in [2.24, 2.45) is 11.8 Å². The second kappa shape index (κ2) is 8.79. The molecule has 0 aliphatic rings. The van der Waals surface area contributed by atoms with Gasteiger partial charge < -0.3 is 10.4 Å². The fourth-order valence-corrected chi connectivity index (χ4v) is 3.20. The first-order valence-electron chi connectivity index (χ1n) is 7.97. The van der Waals surface area contributed by atoms with Crippen LogP contribution in [0.3, 0.4) is 0 Å². The third kappa shape index (κ3) is 5.44. The fraction of sp³-hybridized carbons (Fsp3) is 0.444. The minimum atomic E-state index is -0.0680. The summed E-state index contributed by atoms with van der Waals surface area (Å²) in [5.41, 5.74) is 4.39. The monoisotopic (exact) mass is 332 g/mol. The van der Waals surface area contributed by atoms with Crippen LogP contribution in [0, 0.1) is 11.8 Å². The van der Waals surface area contributed by atoms with Gasteiger partial charge in [0.25, 0.3) is 5.91 Å². The zero-order chi connectivity index (χ0) is 16.7. The third-order valence-corrected chi connectivity index (χ3v) is 4.36. The van der Waals surface area contributed by atoms with Crippen molar-refractivity contribution in [3.05, 3.63) is 40.7 Å². The number of nitrogens with zero attached hydrogens (tertiary/aromatic N) is 1. The Labute approximate surface area is 141 Å². The van der Waals surface area contributed by atoms with Gasteiger partial charge in [-0.2, -0.15) is 0 Å². The lowest BCUT2D eigenvalue weighted by atomic mass is 9.94. The predicted octanol–water partition coefficient (Wildman–Crippen LogP) is 3.58. The van der Waals surface area contributed by atoms with Gasteiger partial charge >= 0.3 is 0 Å². The molecule has 1 amide bonds. The van der Waals surface area contributed by atoms with Gasteiger partial charge in [0.2, 0.25) is 0 Å². The van der Waals surface area contributed by atoms with Crippen molar-refractivity contribution >= 4 is 17.2 Å². The molecule has 2 rings (SSSR count). The van der Waals surface area contributed by atoms with Crippen molar-refractivity contribution in [1.82, 2.24) is 10.3 Å². The summed E-state index contributed by atoms with van der Waals surface area (Å²) in [6.07, 6.45) is 1.73. The number of rotatable bonds is 8. The van der Waals surface area contributed by atoms with E-state index in [0.29, 0.717) is 23.9 Å². The van der Waals surface area contributed by atoms with Gasteiger partial charge in [0.05, 0.1) is 11.2 Å². The zero-order valence-electron chi connectivity index (χ0n) is 13.7. The van der Waals surface area contributed by atoms with Crippen molar-refractivity contribution in [3.8, 4) is 11.3 Å². The number of carbonyl (C=O) groups is 1. The fourth-order valence-electron chi connectivity index (χ4n) is 2.64. The molecule has 4 nitrogen and oxygen atoms in total. The second-order valence-corrected chi connectivity index (χ2v) is 6.89. The molecule has 1 heterocycles. The second-order valence-electron chi connectivity index (χ2n) is 6.17. The molecule has 0 aliphatic carbocycles. The van der Waals surface area contributed by atoms with Crippen LogP contribution < -0.4 is 5.32 Å². The van der Waals surface area contributed by atoms with Crippen LogP contribution in [0.5, 0.6) is 0 Å². The van der Waals surface area contributed by atoms with Gasteiger partial charge in [-0.3, -0.25) is 4.79 Å². The predicted molar refractivity (Wildman–Crippen MR) is 94.5 cm³/mol. The van der Waals surface area contributed by atoms with Gasteiger partial charge in [0.1, 0.15) is 0 Å². The van der Waals surface area contributed by atoms with Crippen molar-refractivity contribution in [3.63, 3.8) is 0 Å². The lowest BCUT2D eigenvalue weighted by Crippen LogP contribution is -2.30. The number of aliphatic hydroxyl groups is 1. The molecule has 0 radical (unpaired) electrons. The van der Waals surface area contributed by atoms with Gasteiger partial charge in [0, 0.05) is 29.7 Å². The third-order valence-electron chi connectivity index (χ3n) is 3.77. The standard InChI is InChI=1S/C18H24N2O2S/c1-13(2)9-14(7-8-21)10-19-18(22)16-5-3-15(4-6-16)17-11-23-12-20-17/h3-6,11-14,21H,7-10H2,1-2H3,(H,19,22). The van der Waals surface area contributed by atoms with Crippen molar-refractivity contribution in [2.75, 3.05) is 13.2 Å². The summed E-state index contributed by atoms with van der Waals surface area (Å²) in [7, 11) is 0. The highest BCUT2D eigenvalue weighted by atomic mass is 32.1. The molecule has 1 atom stereocenters. The molecule has 2 aromatic rings. The van der Waals surface area contributed by atoms with E-state index < -0.39 is 0 Å². The molecule has 0 fully saturated rings. The molecule has 0 saturated carbocycles. The summed E-state index contributed by atoms with van der Waals surface area (Å²) in [6, 6.07) is 7.49. The maximum atomic E-state index is 12.2. The molecule has 5 heteroatoms. The van der Waals surface area contributed by atoms with E-state index in [2.05, 4.69) is 24.1 Å². The molecule has 23 heavy (non-hydrogen) atoms. The van der Waals surface area contributed by atoms with Crippen LogP contribution in [0.15, 0.2) is 35.2 Å². The number of benzene rings is 1. The first-order chi connectivity index (χ1) is 11.1. The van der Waals surface area contributed by atoms with Crippen LogP contribution in [0.1, 0.15) is 37.0 Å². The van der Waals surface area contributed by atoms with Crippen LogP contribution >= 0.6 is 11.3 Å². The van der Waals surface area contributed by atoms with Gasteiger partial charge in [-0.05, 0) is 36.8 Å². The topological polar surface area (TPSA) is 62.2 Å². The van der Waals surface area contributed by atoms with Crippen molar-refractivity contribution < 1.29 is 9.90 Å². The molecule has 1 aromatic heterocycles. The Morgan fingerprint density at radius 2 is 2.04 bits per heavy atom. The average molecular weight is 332 g/mol. The quantitative estimate of drug-likeness (QED) is 0.776. The Morgan fingerprint density at radius 1 is 1.30 bits per heavy atom. The molecule has 1 unspecified atom stereocenters. The number of nitrogens with one attached hydrogen (secondary N) is 1. The van der Waals surface area contributed by atoms with E-state index in [-0.39, 0.29) is 12.5 Å². The van der Waals surface area contributed by atoms with Crippen molar-refractivity contribution in [2.45, 2.75) is 26.7 Å². The average Bonchev–Trinajstić information content (AvgIpc) is 3.06. The van der Waals surface area contributed by atoms with E-state index in [1.165, 1.54) is 0 Å². The van der Waals surface area contributed by atoms with E-state index in [4.69, 9.17) is 5.11 Å². The molecule has 0 saturated heterocycles. The Kier molecular flexibility index (Phi) is 6.74. The molecular formula is C18H24N2O2S. The summed E-state index contributed by atoms with van der Waals surface area (Å²) in [6.45, 7) is 5.08. The number of amides is 1. The number of thiazole rings is 1. The normalized spacial score (nSPS) is 12.3. The summed E-state index contributed by atoms with van der Waals surface area (Å²) in [5.74, 6) is 0.806. The van der Waals surface area contributed by atoms with Crippen LogP contribution in [-0.4, -0.2) is 29.1 Å². The Hall–Kier alpha value is -1.72. The van der Waals surface area contributed by atoms with Crippen LogP contribution in [0.2, 0.25) is 0 Å². The lowest BCUT2D eigenvalue weighted by Gasteiger charge is -2.18. The largest absolute Gasteiger partial charge is 0.396 e. The lowest BCUT2D eigenvalue weighted by molar-refractivity contribution is 0.0941. The summed E-state index contributed by atoms with van der Waals surface area (Å²) in [4.78, 5) is 16.5. The van der Waals surface area contributed by atoms with Crippen LogP contribution in [-0.2, 0) is 0 Å². The molecule has 124 valence electrons. The zero-order valence-corrected chi connectivity index (χ0v) is 14.5. The maximum absolute atomic E-state index is 12.2. The Bertz CT molecular complexity index is 594. The number of hydrogen-bond donors (Lipinski definition) is 2. The Morgan fingerprint density at radius 3 is 2.61 bits per heavy atom. The molecular weight excluding hydrogens is 308 g/mol. The summed E-state index contributed by atoms with van der Waals surface area (Å²) in [5, 5.41) is 14.1. The van der Waals surface area contributed by atoms with Gasteiger partial charge in [-0.25, -0.2) is 4.98 Å². The van der Waals surface area contributed by atoms with E-state index in [9.17, 15) is 4.79 Å². The number of hydrogen-bond acceptors (Lipinski definition) is 4. The molecule has 0 spiro atoms. The Balaban J connectivity index is 1.92. The number of aliphatic hydroxyl groups excluding tert-OH is 1. The van der Waals surface area contributed by atoms with E-state index in [0.717, 1.165) is 24.1 Å². The first kappa shape index (κ1) is 17.6. The minimum Gasteiger partial charge on any atom is -0.396 e. The number of carbonyl (C=O) groups excluding carboxylic acids is 1. The van der Waals surface area contributed by atoms with E-state index >= 15 is 0 Å². The highest BCUT2D eigenvalue weighted by Crippen LogP contribution is 2.19. The molecule has 0 bridgehead atoms. The summed E-state index contributed by atoms with van der Waals surface area (Å²) >= 11 is 1.55. The van der Waals surface area contributed by atoms with E-state index in [1.54, 1.807) is 16.8 Å². The van der Waals surface area contributed by atoms with Gasteiger partial charge in [0.15, 0.2) is 0 Å². The van der Waals surface area contributed by atoms with E-state index in [1.807, 2.05) is 29.6 Å². The van der Waals surface area contributed by atoms with Gasteiger partial charge in [-0.1, -0.05) is 26.0 Å². The summed E-state index contributed by atoms with van der Waals surface area (Å²) < 4.78 is 0. The highest BCUT2D eigenvalue weighted by molar-refractivity contribution is 7.07. The highest BCUT2D eigenvalue weighted by Gasteiger charge is 2.13. The maximum Gasteiger partial charge on any atom is 0.251 e. The van der Waals surface area contributed by atoms with Crippen molar-refractivity contribution in [1.29, 1.82) is 0 Å². The minimum absolute atomic E-state index is 0.0680. The van der Waals surface area contributed by atoms with Crippen LogP contribution in [0.4, 0.5) is 0 Å². The molecule has 1 aromatic carbocycles. The first-order valence-corrected chi connectivity index (χ1v) is 8.92. The SMILES string of the molecule is CC(C)CC(CCO)CNC(=O)c1ccc(-c2cscn2)cc1. The van der Waals surface area contributed by atoms with Crippen LogP contribution in [0.25, 0.3) is 11.3 Å². The van der Waals surface area contributed by atoms with Gasteiger partial charge in [-0.15, -0.1) is 11.3 Å². The molecule has 0 aliphatic heterocycles. The molecule has 2 N–H and O–H groups in total. The smallest absolute Gasteiger partial charge is 0.251 e.